The molecule has 0 radical (unpaired) electrons. The van der Waals surface area contributed by atoms with E-state index in [-0.39, 0.29) is 0 Å². The molecule has 0 aliphatic rings. The van der Waals surface area contributed by atoms with Crippen molar-refractivity contribution in [2.45, 2.75) is 12.7 Å². The first-order valence-electron chi connectivity index (χ1n) is 9.60. The van der Waals surface area contributed by atoms with E-state index in [0.29, 0.717) is 18.0 Å². The van der Waals surface area contributed by atoms with Gasteiger partial charge in [-0.25, -0.2) is 0 Å². The molecule has 0 bridgehead atoms. The van der Waals surface area contributed by atoms with E-state index in [4.69, 9.17) is 4.42 Å². The van der Waals surface area contributed by atoms with Crippen molar-refractivity contribution in [1.29, 1.82) is 0 Å². The zero-order valence-corrected chi connectivity index (χ0v) is 16.1. The molecule has 154 valence electrons. The molecule has 2 aromatic carbocycles. The van der Waals surface area contributed by atoms with Gasteiger partial charge in [-0.3, -0.25) is 9.97 Å². The Morgan fingerprint density at radius 2 is 1.77 bits per heavy atom. The van der Waals surface area contributed by atoms with Crippen LogP contribution in [0.2, 0.25) is 0 Å². The Hall–Kier alpha value is -3.87. The molecule has 0 saturated heterocycles. The van der Waals surface area contributed by atoms with Crippen LogP contribution in [0.25, 0.3) is 33.1 Å². The van der Waals surface area contributed by atoms with Crippen LogP contribution in [0.15, 0.2) is 83.7 Å². The molecule has 0 atom stereocenters. The van der Waals surface area contributed by atoms with Crippen LogP contribution in [-0.4, -0.2) is 9.97 Å². The molecule has 0 unspecified atom stereocenters. The molecule has 0 spiro atoms. The second-order valence-electron chi connectivity index (χ2n) is 7.17. The van der Waals surface area contributed by atoms with Crippen LogP contribution >= 0.6 is 0 Å². The Bertz CT molecular complexity index is 1360. The summed E-state index contributed by atoms with van der Waals surface area (Å²) in [5, 5.41) is 5.95. The fraction of sp³-hybridized carbons (Fsp3) is 0.0833. The highest BCUT2D eigenvalue weighted by molar-refractivity contribution is 5.97. The molecule has 3 heterocycles. The van der Waals surface area contributed by atoms with E-state index in [1.165, 1.54) is 6.07 Å². The average molecular weight is 419 g/mol. The van der Waals surface area contributed by atoms with Gasteiger partial charge in [-0.1, -0.05) is 30.3 Å². The number of aromatic nitrogens is 2. The van der Waals surface area contributed by atoms with Crippen molar-refractivity contribution in [1.82, 2.24) is 9.97 Å². The highest BCUT2D eigenvalue weighted by Crippen LogP contribution is 2.33. The van der Waals surface area contributed by atoms with Crippen LogP contribution in [0.3, 0.4) is 0 Å². The maximum Gasteiger partial charge on any atom is 0.433 e. The van der Waals surface area contributed by atoms with Gasteiger partial charge >= 0.3 is 6.18 Å². The minimum atomic E-state index is -4.48. The van der Waals surface area contributed by atoms with Crippen LogP contribution < -0.4 is 5.32 Å². The van der Waals surface area contributed by atoms with Gasteiger partial charge in [-0.05, 0) is 41.3 Å². The van der Waals surface area contributed by atoms with Gasteiger partial charge in [0, 0.05) is 47.2 Å². The Morgan fingerprint density at radius 3 is 2.61 bits per heavy atom. The number of para-hydroxylation sites is 1. The van der Waals surface area contributed by atoms with Gasteiger partial charge in [0.05, 0.1) is 0 Å². The predicted molar refractivity (Wildman–Crippen MR) is 114 cm³/mol. The summed E-state index contributed by atoms with van der Waals surface area (Å²) in [6.45, 7) is 0.360. The second kappa shape index (κ2) is 7.43. The second-order valence-corrected chi connectivity index (χ2v) is 7.17. The SMILES string of the molecule is FC(F)(F)c1cc(NCc2ccc3cncc(-c4cc5ccccc5o4)c3c2)ccn1. The van der Waals surface area contributed by atoms with Gasteiger partial charge in [0.1, 0.15) is 17.0 Å². The number of hydrogen-bond acceptors (Lipinski definition) is 4. The summed E-state index contributed by atoms with van der Waals surface area (Å²) in [5.74, 6) is 0.716. The summed E-state index contributed by atoms with van der Waals surface area (Å²) in [4.78, 5) is 7.71. The van der Waals surface area contributed by atoms with Gasteiger partial charge in [0.2, 0.25) is 0 Å². The zero-order chi connectivity index (χ0) is 21.4. The smallest absolute Gasteiger partial charge is 0.433 e. The fourth-order valence-corrected chi connectivity index (χ4v) is 3.53. The third-order valence-corrected chi connectivity index (χ3v) is 5.06. The molecule has 5 aromatic rings. The third kappa shape index (κ3) is 3.82. The van der Waals surface area contributed by atoms with Gasteiger partial charge in [-0.2, -0.15) is 13.2 Å². The molecule has 3 aromatic heterocycles. The average Bonchev–Trinajstić information content (AvgIpc) is 3.21. The maximum absolute atomic E-state index is 12.9. The Morgan fingerprint density at radius 1 is 0.903 bits per heavy atom. The first-order valence-corrected chi connectivity index (χ1v) is 9.60. The van der Waals surface area contributed by atoms with Crippen LogP contribution in [0.1, 0.15) is 11.3 Å². The maximum atomic E-state index is 12.9. The molecule has 0 amide bonds. The number of benzene rings is 2. The minimum absolute atomic E-state index is 0.356. The fourth-order valence-electron chi connectivity index (χ4n) is 3.53. The molecule has 0 aliphatic carbocycles. The number of alkyl halides is 3. The van der Waals surface area contributed by atoms with Crippen molar-refractivity contribution in [2.24, 2.45) is 0 Å². The van der Waals surface area contributed by atoms with Crippen molar-refractivity contribution in [2.75, 3.05) is 5.32 Å². The molecule has 31 heavy (non-hydrogen) atoms. The number of nitrogens with zero attached hydrogens (tertiary/aromatic N) is 2. The van der Waals surface area contributed by atoms with Gasteiger partial charge in [-0.15, -0.1) is 0 Å². The summed E-state index contributed by atoms with van der Waals surface area (Å²) < 4.78 is 44.7. The van der Waals surface area contributed by atoms with E-state index < -0.39 is 11.9 Å². The largest absolute Gasteiger partial charge is 0.456 e. The summed E-state index contributed by atoms with van der Waals surface area (Å²) in [7, 11) is 0. The quantitative estimate of drug-likeness (QED) is 0.353. The molecule has 1 N–H and O–H groups in total. The van der Waals surface area contributed by atoms with Gasteiger partial charge < -0.3 is 9.73 Å². The summed E-state index contributed by atoms with van der Waals surface area (Å²) in [6.07, 6.45) is 0.207. The lowest BCUT2D eigenvalue weighted by molar-refractivity contribution is -0.141. The normalized spacial score (nSPS) is 11.8. The topological polar surface area (TPSA) is 51.0 Å². The number of furan rings is 1. The number of halogens is 3. The van der Waals surface area contributed by atoms with E-state index >= 15 is 0 Å². The minimum Gasteiger partial charge on any atom is -0.456 e. The lowest BCUT2D eigenvalue weighted by Gasteiger charge is -2.11. The van der Waals surface area contributed by atoms with Crippen molar-refractivity contribution < 1.29 is 17.6 Å². The van der Waals surface area contributed by atoms with E-state index in [0.717, 1.165) is 45.1 Å². The molecule has 0 aliphatic heterocycles. The Balaban J connectivity index is 1.47. The number of fused-ring (bicyclic) bond motifs is 2. The molecule has 5 rings (SSSR count). The monoisotopic (exact) mass is 419 g/mol. The number of hydrogen-bond donors (Lipinski definition) is 1. The van der Waals surface area contributed by atoms with Crippen LogP contribution in [0.4, 0.5) is 18.9 Å². The summed E-state index contributed by atoms with van der Waals surface area (Å²) >= 11 is 0. The Labute approximate surface area is 175 Å². The van der Waals surface area contributed by atoms with Crippen molar-refractivity contribution >= 4 is 27.4 Å². The van der Waals surface area contributed by atoms with E-state index in [9.17, 15) is 13.2 Å². The Kier molecular flexibility index (Phi) is 4.58. The lowest BCUT2D eigenvalue weighted by atomic mass is 10.0. The van der Waals surface area contributed by atoms with E-state index in [1.807, 2.05) is 48.5 Å². The summed E-state index contributed by atoms with van der Waals surface area (Å²) in [6, 6.07) is 18.1. The van der Waals surface area contributed by atoms with Crippen LogP contribution in [0.5, 0.6) is 0 Å². The predicted octanol–water partition coefficient (Wildman–Crippen LogP) is 6.67. The third-order valence-electron chi connectivity index (χ3n) is 5.06. The summed E-state index contributed by atoms with van der Waals surface area (Å²) in [5.41, 5.74) is 2.01. The molecule has 4 nitrogen and oxygen atoms in total. The highest BCUT2D eigenvalue weighted by Gasteiger charge is 2.32. The van der Waals surface area contributed by atoms with Crippen molar-refractivity contribution in [3.05, 3.63) is 90.5 Å². The molecule has 0 saturated carbocycles. The standard InChI is InChI=1S/C24H16F3N3O/c25-24(26,27)23-11-18(7-8-29-23)30-12-15-5-6-17-13-28-14-20(19(17)9-15)22-10-16-3-1-2-4-21(16)31-22/h1-11,13-14H,12H2,(H,29,30). The molecular weight excluding hydrogens is 403 g/mol. The van der Waals surface area contributed by atoms with Crippen molar-refractivity contribution in [3.63, 3.8) is 0 Å². The number of rotatable bonds is 4. The lowest BCUT2D eigenvalue weighted by Crippen LogP contribution is -2.09. The number of pyridine rings is 2. The number of anilines is 1. The first-order chi connectivity index (χ1) is 15.0. The van der Waals surface area contributed by atoms with Crippen LogP contribution in [0, 0.1) is 0 Å². The van der Waals surface area contributed by atoms with E-state index in [1.54, 1.807) is 12.4 Å². The van der Waals surface area contributed by atoms with Gasteiger partial charge in [0.15, 0.2) is 0 Å². The zero-order valence-electron chi connectivity index (χ0n) is 16.1. The number of nitrogens with one attached hydrogen (secondary N) is 1. The molecule has 0 fully saturated rings. The first kappa shape index (κ1) is 19.1. The highest BCUT2D eigenvalue weighted by atomic mass is 19.4. The van der Waals surface area contributed by atoms with Gasteiger partial charge in [0.25, 0.3) is 0 Å². The van der Waals surface area contributed by atoms with Crippen LogP contribution in [-0.2, 0) is 12.7 Å². The van der Waals surface area contributed by atoms with E-state index in [2.05, 4.69) is 15.3 Å². The van der Waals surface area contributed by atoms with Crippen molar-refractivity contribution in [3.8, 4) is 11.3 Å². The molecular formula is C24H16F3N3O. The molecule has 7 heteroatoms.